The smallest absolute Gasteiger partial charge is 0.254 e. The fraction of sp³-hybridized carbons (Fsp3) is 0.600. The second-order valence-corrected chi connectivity index (χ2v) is 9.38. The van der Waals surface area contributed by atoms with E-state index in [1.807, 2.05) is 11.0 Å². The standard InChI is InChI=1S/C20H27N3O3S/c1-15-11-14-23(19-6-3-2-5-18(15)19)20(24)16-7-9-17(10-8-16)27(25,26)22-13-4-12-21/h7-10,15,18-19,22H,2-6,11,13-14H2,1H3. The van der Waals surface area contributed by atoms with Crippen LogP contribution in [0.25, 0.3) is 0 Å². The molecule has 0 bridgehead atoms. The lowest BCUT2D eigenvalue weighted by Crippen LogP contribution is -2.52. The molecule has 3 unspecified atom stereocenters. The van der Waals surface area contributed by atoms with Crippen molar-refractivity contribution in [2.24, 2.45) is 11.8 Å². The van der Waals surface area contributed by atoms with Crippen LogP contribution in [0, 0.1) is 23.2 Å². The molecule has 1 saturated carbocycles. The Hall–Kier alpha value is -1.91. The minimum Gasteiger partial charge on any atom is -0.335 e. The van der Waals surface area contributed by atoms with E-state index in [2.05, 4.69) is 11.6 Å². The zero-order chi connectivity index (χ0) is 19.4. The molecule has 146 valence electrons. The number of amides is 1. The van der Waals surface area contributed by atoms with Crippen molar-refractivity contribution >= 4 is 15.9 Å². The fourth-order valence-corrected chi connectivity index (χ4v) is 5.46. The molecule has 1 aromatic carbocycles. The molecule has 2 fully saturated rings. The molecule has 0 spiro atoms. The maximum atomic E-state index is 13.1. The molecule has 1 amide bonds. The fourth-order valence-electron chi connectivity index (χ4n) is 4.43. The number of likely N-dealkylation sites (tertiary alicyclic amines) is 1. The van der Waals surface area contributed by atoms with Crippen molar-refractivity contribution in [2.45, 2.75) is 56.4 Å². The van der Waals surface area contributed by atoms with E-state index in [0.29, 0.717) is 23.4 Å². The predicted molar refractivity (Wildman–Crippen MR) is 102 cm³/mol. The summed E-state index contributed by atoms with van der Waals surface area (Å²) < 4.78 is 26.8. The highest BCUT2D eigenvalue weighted by Crippen LogP contribution is 2.39. The summed E-state index contributed by atoms with van der Waals surface area (Å²) in [6.45, 7) is 3.15. The number of benzene rings is 1. The van der Waals surface area contributed by atoms with Gasteiger partial charge in [0.05, 0.1) is 11.0 Å². The zero-order valence-electron chi connectivity index (χ0n) is 15.7. The molecule has 6 nitrogen and oxygen atoms in total. The Morgan fingerprint density at radius 2 is 1.93 bits per heavy atom. The van der Waals surface area contributed by atoms with Crippen molar-refractivity contribution in [2.75, 3.05) is 13.1 Å². The van der Waals surface area contributed by atoms with E-state index in [4.69, 9.17) is 5.26 Å². The van der Waals surface area contributed by atoms with E-state index < -0.39 is 10.0 Å². The first-order valence-corrected chi connectivity index (χ1v) is 11.2. The van der Waals surface area contributed by atoms with Crippen LogP contribution in [0.5, 0.6) is 0 Å². The Bertz CT molecular complexity index is 814. The number of nitrogens with zero attached hydrogens (tertiary/aromatic N) is 2. The lowest BCUT2D eigenvalue weighted by molar-refractivity contribution is 0.0217. The number of nitriles is 1. The van der Waals surface area contributed by atoms with Crippen LogP contribution in [0.3, 0.4) is 0 Å². The lowest BCUT2D eigenvalue weighted by atomic mass is 9.72. The molecular formula is C20H27N3O3S. The van der Waals surface area contributed by atoms with Crippen molar-refractivity contribution in [1.82, 2.24) is 9.62 Å². The summed E-state index contributed by atoms with van der Waals surface area (Å²) in [7, 11) is -3.65. The Morgan fingerprint density at radius 3 is 2.63 bits per heavy atom. The quantitative estimate of drug-likeness (QED) is 0.784. The van der Waals surface area contributed by atoms with Crippen LogP contribution in [0.1, 0.15) is 55.8 Å². The number of carbonyl (C=O) groups is 1. The van der Waals surface area contributed by atoms with Gasteiger partial charge in [0.1, 0.15) is 0 Å². The minimum absolute atomic E-state index is 0.000174. The third-order valence-corrected chi connectivity index (χ3v) is 7.42. The van der Waals surface area contributed by atoms with Crippen molar-refractivity contribution < 1.29 is 13.2 Å². The topological polar surface area (TPSA) is 90.3 Å². The van der Waals surface area contributed by atoms with Crippen LogP contribution in [-0.2, 0) is 10.0 Å². The van der Waals surface area contributed by atoms with Crippen LogP contribution in [0.4, 0.5) is 0 Å². The molecule has 7 heteroatoms. The van der Waals surface area contributed by atoms with Gasteiger partial charge in [-0.1, -0.05) is 19.8 Å². The zero-order valence-corrected chi connectivity index (χ0v) is 16.5. The van der Waals surface area contributed by atoms with Crippen LogP contribution >= 0.6 is 0 Å². The van der Waals surface area contributed by atoms with Gasteiger partial charge in [0, 0.05) is 31.1 Å². The molecule has 1 N–H and O–H groups in total. The van der Waals surface area contributed by atoms with Gasteiger partial charge in [0.2, 0.25) is 10.0 Å². The number of rotatable bonds is 5. The molecule has 3 atom stereocenters. The number of fused-ring (bicyclic) bond motifs is 1. The Morgan fingerprint density at radius 1 is 1.22 bits per heavy atom. The van der Waals surface area contributed by atoms with Crippen LogP contribution in [0.2, 0.25) is 0 Å². The average molecular weight is 390 g/mol. The summed E-state index contributed by atoms with van der Waals surface area (Å²) in [5.41, 5.74) is 0.532. The van der Waals surface area contributed by atoms with E-state index in [1.165, 1.54) is 31.4 Å². The van der Waals surface area contributed by atoms with E-state index in [1.54, 1.807) is 12.1 Å². The van der Waals surface area contributed by atoms with E-state index in [0.717, 1.165) is 19.4 Å². The molecule has 2 aliphatic rings. The van der Waals surface area contributed by atoms with Gasteiger partial charge in [-0.15, -0.1) is 0 Å². The van der Waals surface area contributed by atoms with E-state index in [-0.39, 0.29) is 23.8 Å². The molecule has 0 aromatic heterocycles. The molecule has 1 aliphatic heterocycles. The van der Waals surface area contributed by atoms with Gasteiger partial charge in [0.15, 0.2) is 0 Å². The molecule has 27 heavy (non-hydrogen) atoms. The monoisotopic (exact) mass is 389 g/mol. The van der Waals surface area contributed by atoms with Gasteiger partial charge in [-0.05, 0) is 55.4 Å². The Kier molecular flexibility index (Phi) is 6.18. The highest BCUT2D eigenvalue weighted by Gasteiger charge is 2.39. The van der Waals surface area contributed by atoms with E-state index >= 15 is 0 Å². The molecular weight excluding hydrogens is 362 g/mol. The van der Waals surface area contributed by atoms with Gasteiger partial charge in [0.25, 0.3) is 5.91 Å². The third kappa shape index (κ3) is 4.33. The third-order valence-electron chi connectivity index (χ3n) is 5.94. The first-order chi connectivity index (χ1) is 12.9. The molecule has 1 aliphatic carbocycles. The SMILES string of the molecule is CC1CCN(C(=O)c2ccc(S(=O)(=O)NCCC#N)cc2)C2CCCCC12. The predicted octanol–water partition coefficient (Wildman–Crippen LogP) is 2.92. The maximum absolute atomic E-state index is 13.1. The van der Waals surface area contributed by atoms with Crippen molar-refractivity contribution in [3.63, 3.8) is 0 Å². The maximum Gasteiger partial charge on any atom is 0.254 e. The van der Waals surface area contributed by atoms with Gasteiger partial charge in [-0.3, -0.25) is 4.79 Å². The first-order valence-electron chi connectivity index (χ1n) is 9.71. The highest BCUT2D eigenvalue weighted by molar-refractivity contribution is 7.89. The second kappa shape index (κ2) is 8.41. The number of carbonyl (C=O) groups excluding carboxylic acids is 1. The summed E-state index contributed by atoms with van der Waals surface area (Å²) >= 11 is 0. The van der Waals surface area contributed by atoms with Crippen molar-refractivity contribution in [3.05, 3.63) is 29.8 Å². The summed E-state index contributed by atoms with van der Waals surface area (Å²) in [6.07, 6.45) is 5.83. The first kappa shape index (κ1) is 19.8. The average Bonchev–Trinajstić information content (AvgIpc) is 2.68. The molecule has 1 saturated heterocycles. The van der Waals surface area contributed by atoms with Crippen LogP contribution < -0.4 is 4.72 Å². The molecule has 1 aromatic rings. The van der Waals surface area contributed by atoms with Gasteiger partial charge in [-0.2, -0.15) is 5.26 Å². The summed E-state index contributed by atoms with van der Waals surface area (Å²) in [6, 6.07) is 8.33. The number of hydrogen-bond acceptors (Lipinski definition) is 4. The van der Waals surface area contributed by atoms with Gasteiger partial charge < -0.3 is 4.90 Å². The number of piperidine rings is 1. The second-order valence-electron chi connectivity index (χ2n) is 7.61. The van der Waals surface area contributed by atoms with Crippen LogP contribution in [0.15, 0.2) is 29.2 Å². The van der Waals surface area contributed by atoms with Gasteiger partial charge >= 0.3 is 0 Å². The van der Waals surface area contributed by atoms with Crippen molar-refractivity contribution in [3.8, 4) is 6.07 Å². The highest BCUT2D eigenvalue weighted by atomic mass is 32.2. The minimum atomic E-state index is -3.65. The Labute approximate surface area is 161 Å². The number of sulfonamides is 1. The lowest BCUT2D eigenvalue weighted by Gasteiger charge is -2.47. The van der Waals surface area contributed by atoms with E-state index in [9.17, 15) is 13.2 Å². The number of nitrogens with one attached hydrogen (secondary N) is 1. The van der Waals surface area contributed by atoms with Crippen LogP contribution in [-0.4, -0.2) is 38.4 Å². The normalized spacial score (nSPS) is 25.5. The van der Waals surface area contributed by atoms with Crippen molar-refractivity contribution in [1.29, 1.82) is 5.26 Å². The summed E-state index contributed by atoms with van der Waals surface area (Å²) in [5.74, 6) is 1.24. The van der Waals surface area contributed by atoms with Gasteiger partial charge in [-0.25, -0.2) is 13.1 Å². The Balaban J connectivity index is 1.73. The molecule has 0 radical (unpaired) electrons. The molecule has 1 heterocycles. The summed E-state index contributed by atoms with van der Waals surface area (Å²) in [4.78, 5) is 15.2. The number of hydrogen-bond donors (Lipinski definition) is 1. The largest absolute Gasteiger partial charge is 0.335 e. The summed E-state index contributed by atoms with van der Waals surface area (Å²) in [5, 5.41) is 8.53. The molecule has 3 rings (SSSR count).